The minimum Gasteiger partial charge on any atom is -0.363 e. The number of carbonyl (C=O) groups excluding carboxylic acids is 1. The van der Waals surface area contributed by atoms with E-state index in [1.54, 1.807) is 0 Å². The fourth-order valence-corrected chi connectivity index (χ4v) is 8.29. The number of thiocarbonyl (C=S) groups is 1. The van der Waals surface area contributed by atoms with Crippen LogP contribution in [0.4, 0.5) is 4.79 Å². The second-order valence-electron chi connectivity index (χ2n) is 15.9. The van der Waals surface area contributed by atoms with E-state index in [-0.39, 0.29) is 6.03 Å². The average Bonchev–Trinajstić information content (AvgIpc) is 4.02. The number of hydrogen-bond acceptors (Lipinski definition) is 4. The molecule has 2 aromatic heterocycles. The van der Waals surface area contributed by atoms with Crippen LogP contribution >= 0.6 is 12.2 Å². The molecule has 2 saturated heterocycles. The van der Waals surface area contributed by atoms with Gasteiger partial charge in [-0.15, -0.1) is 0 Å². The van der Waals surface area contributed by atoms with Gasteiger partial charge in [-0.3, -0.25) is 0 Å². The predicted octanol–water partition coefficient (Wildman–Crippen LogP) is 11.0. The van der Waals surface area contributed by atoms with E-state index in [0.717, 1.165) is 118 Å². The molecule has 0 aliphatic carbocycles. The molecule has 0 bridgehead atoms. The van der Waals surface area contributed by atoms with Crippen molar-refractivity contribution in [3.63, 3.8) is 0 Å². The van der Waals surface area contributed by atoms with Crippen molar-refractivity contribution in [3.8, 4) is 44.8 Å². The number of benzene rings is 4. The summed E-state index contributed by atoms with van der Waals surface area (Å²) in [4.78, 5) is 32.9. The van der Waals surface area contributed by atoms with Crippen molar-refractivity contribution in [2.24, 2.45) is 0 Å². The summed E-state index contributed by atoms with van der Waals surface area (Å²) in [5, 5.41) is 7.30. The van der Waals surface area contributed by atoms with E-state index in [9.17, 15) is 4.79 Å². The topological polar surface area (TPSA) is 105 Å². The van der Waals surface area contributed by atoms with E-state index in [2.05, 4.69) is 141 Å². The molecule has 2 fully saturated rings. The first-order chi connectivity index (χ1) is 29.5. The first kappa shape index (κ1) is 42.4. The van der Waals surface area contributed by atoms with Gasteiger partial charge in [-0.2, -0.15) is 0 Å². The van der Waals surface area contributed by atoms with E-state index < -0.39 is 0 Å². The van der Waals surface area contributed by atoms with Gasteiger partial charge in [-0.1, -0.05) is 136 Å². The van der Waals surface area contributed by atoms with Crippen LogP contribution in [0.2, 0.25) is 0 Å². The lowest BCUT2D eigenvalue weighted by Gasteiger charge is -2.33. The van der Waals surface area contributed by atoms with Gasteiger partial charge in [0.15, 0.2) is 5.11 Å². The number of hydrogen-bond donors (Lipinski definition) is 4. The molecular formula is C50H60N8OS. The highest BCUT2D eigenvalue weighted by Gasteiger charge is 2.26. The molecule has 312 valence electrons. The SMILES string of the molecule is CCCCNC(=O)N1CCC(c2ncc(-c3ccc(-c4ccccc4)cc3)[nH]2)CC1.CCCCNC(=S)N1CCC(c2ncc(-c3ccc(-c4ccccc4)cc3)[nH]2)CC1. The summed E-state index contributed by atoms with van der Waals surface area (Å²) in [5.41, 5.74) is 9.35. The van der Waals surface area contributed by atoms with Crippen molar-refractivity contribution < 1.29 is 4.79 Å². The van der Waals surface area contributed by atoms with Crippen molar-refractivity contribution in [2.75, 3.05) is 39.3 Å². The number of amides is 2. The summed E-state index contributed by atoms with van der Waals surface area (Å²) in [6.07, 6.45) is 12.4. The molecule has 0 saturated carbocycles. The van der Waals surface area contributed by atoms with Gasteiger partial charge in [0.25, 0.3) is 0 Å². The molecule has 2 aliphatic rings. The lowest BCUT2D eigenvalue weighted by atomic mass is 9.96. The van der Waals surface area contributed by atoms with E-state index in [4.69, 9.17) is 17.2 Å². The highest BCUT2D eigenvalue weighted by Crippen LogP contribution is 2.31. The molecule has 2 aliphatic heterocycles. The number of aromatic amines is 2. The third-order valence-electron chi connectivity index (χ3n) is 11.7. The fraction of sp³-hybridized carbons (Fsp3) is 0.360. The van der Waals surface area contributed by atoms with Gasteiger partial charge >= 0.3 is 6.03 Å². The molecule has 0 atom stereocenters. The van der Waals surface area contributed by atoms with Crippen molar-refractivity contribution in [1.82, 2.24) is 40.4 Å². The van der Waals surface area contributed by atoms with E-state index in [0.29, 0.717) is 11.8 Å². The van der Waals surface area contributed by atoms with Crippen molar-refractivity contribution in [3.05, 3.63) is 133 Å². The minimum atomic E-state index is 0.0699. The standard InChI is InChI=1S/C25H30N4O.C25H30N4S/c2*1-2-3-15-26-25(30)29-16-13-22(14-17-29)24-27-18-23(28-24)21-11-9-20(10-12-21)19-7-5-4-6-8-19/h2*4-12,18,22H,2-3,13-17H2,1H3,(H,26,30)(H,27,28). The van der Waals surface area contributed by atoms with Gasteiger partial charge in [0.2, 0.25) is 0 Å². The van der Waals surface area contributed by atoms with Crippen LogP contribution in [0.1, 0.15) is 88.7 Å². The van der Waals surface area contributed by atoms with E-state index in [1.807, 2.05) is 29.4 Å². The van der Waals surface area contributed by atoms with Crippen LogP contribution < -0.4 is 10.6 Å². The Balaban J connectivity index is 0.000000181. The zero-order valence-electron chi connectivity index (χ0n) is 35.2. The largest absolute Gasteiger partial charge is 0.363 e. The Morgan fingerprint density at radius 2 is 0.950 bits per heavy atom. The van der Waals surface area contributed by atoms with Gasteiger partial charge in [0.05, 0.1) is 23.8 Å². The Labute approximate surface area is 361 Å². The first-order valence-corrected chi connectivity index (χ1v) is 22.4. The van der Waals surface area contributed by atoms with Crippen LogP contribution in [0.25, 0.3) is 44.8 Å². The van der Waals surface area contributed by atoms with Crippen LogP contribution in [0.5, 0.6) is 0 Å². The Hall–Kier alpha value is -5.74. The number of likely N-dealkylation sites (tertiary alicyclic amines) is 2. The Kier molecular flexibility index (Phi) is 15.2. The number of piperidine rings is 2. The van der Waals surface area contributed by atoms with Crippen molar-refractivity contribution >= 4 is 23.4 Å². The molecule has 6 aromatic rings. The number of H-pyrrole nitrogens is 2. The molecule has 2 amide bonds. The molecule has 60 heavy (non-hydrogen) atoms. The lowest BCUT2D eigenvalue weighted by molar-refractivity contribution is 0.180. The maximum atomic E-state index is 12.2. The zero-order valence-corrected chi connectivity index (χ0v) is 36.0. The maximum Gasteiger partial charge on any atom is 0.317 e. The van der Waals surface area contributed by atoms with Gasteiger partial charge in [-0.05, 0) is 84.1 Å². The number of rotatable bonds is 12. The first-order valence-electron chi connectivity index (χ1n) is 22.0. The number of urea groups is 1. The Morgan fingerprint density at radius 1 is 0.567 bits per heavy atom. The number of aromatic nitrogens is 4. The molecular weight excluding hydrogens is 761 g/mol. The summed E-state index contributed by atoms with van der Waals surface area (Å²) < 4.78 is 0. The monoisotopic (exact) mass is 820 g/mol. The zero-order chi connectivity index (χ0) is 41.5. The highest BCUT2D eigenvalue weighted by molar-refractivity contribution is 7.80. The van der Waals surface area contributed by atoms with Gasteiger partial charge < -0.3 is 30.4 Å². The third-order valence-corrected chi connectivity index (χ3v) is 12.2. The molecule has 9 nitrogen and oxygen atoms in total. The quantitative estimate of drug-likeness (QED) is 0.0724. The number of carbonyl (C=O) groups is 1. The minimum absolute atomic E-state index is 0.0699. The fourth-order valence-electron chi connectivity index (χ4n) is 8.01. The second-order valence-corrected chi connectivity index (χ2v) is 16.3. The second kappa shape index (κ2) is 21.5. The van der Waals surface area contributed by atoms with Gasteiger partial charge in [0, 0.05) is 51.1 Å². The summed E-state index contributed by atoms with van der Waals surface area (Å²) in [7, 11) is 0. The molecule has 4 heterocycles. The number of nitrogens with one attached hydrogen (secondary N) is 4. The molecule has 0 spiro atoms. The number of imidazole rings is 2. The molecule has 4 aromatic carbocycles. The van der Waals surface area contributed by atoms with Gasteiger partial charge in [0.1, 0.15) is 11.6 Å². The van der Waals surface area contributed by atoms with Crippen LogP contribution in [0.15, 0.2) is 122 Å². The van der Waals surface area contributed by atoms with Crippen LogP contribution in [-0.4, -0.2) is 80.1 Å². The molecule has 0 unspecified atom stereocenters. The lowest BCUT2D eigenvalue weighted by Crippen LogP contribution is -2.44. The maximum absolute atomic E-state index is 12.2. The summed E-state index contributed by atoms with van der Waals surface area (Å²) in [5.74, 6) is 2.98. The number of nitrogens with zero attached hydrogens (tertiary/aromatic N) is 4. The molecule has 10 heteroatoms. The van der Waals surface area contributed by atoms with Gasteiger partial charge in [-0.25, -0.2) is 14.8 Å². The Morgan fingerprint density at radius 3 is 1.38 bits per heavy atom. The van der Waals surface area contributed by atoms with E-state index >= 15 is 0 Å². The Bertz CT molecular complexity index is 2040. The molecule has 0 radical (unpaired) electrons. The van der Waals surface area contributed by atoms with Crippen LogP contribution in [0, 0.1) is 0 Å². The average molecular weight is 821 g/mol. The smallest absolute Gasteiger partial charge is 0.317 e. The van der Waals surface area contributed by atoms with Crippen LogP contribution in [0.3, 0.4) is 0 Å². The molecule has 8 rings (SSSR count). The normalized spacial score (nSPS) is 14.6. The van der Waals surface area contributed by atoms with E-state index in [1.165, 1.54) is 34.2 Å². The van der Waals surface area contributed by atoms with Crippen molar-refractivity contribution in [2.45, 2.75) is 77.0 Å². The number of unbranched alkanes of at least 4 members (excludes halogenated alkanes) is 2. The molecule has 4 N–H and O–H groups in total. The summed E-state index contributed by atoms with van der Waals surface area (Å²) >= 11 is 5.55. The predicted molar refractivity (Wildman–Crippen MR) is 250 cm³/mol. The van der Waals surface area contributed by atoms with Crippen molar-refractivity contribution in [1.29, 1.82) is 0 Å². The third kappa shape index (κ3) is 11.3. The highest BCUT2D eigenvalue weighted by atomic mass is 32.1. The summed E-state index contributed by atoms with van der Waals surface area (Å²) in [6, 6.07) is 38.2. The summed E-state index contributed by atoms with van der Waals surface area (Å²) in [6.45, 7) is 9.61. The van der Waals surface area contributed by atoms with Crippen LogP contribution in [-0.2, 0) is 0 Å².